The molecular weight excluding hydrogens is 267 g/mol. The SMILES string of the molecule is Fc1ccc2nc(N3CCNCC34CCCCC4)[nH]c2c1. The van der Waals surface area contributed by atoms with Crippen molar-refractivity contribution < 1.29 is 4.39 Å². The van der Waals surface area contributed by atoms with E-state index in [0.717, 1.165) is 36.6 Å². The van der Waals surface area contributed by atoms with Gasteiger partial charge in [-0.1, -0.05) is 19.3 Å². The van der Waals surface area contributed by atoms with Gasteiger partial charge in [0.1, 0.15) is 5.82 Å². The maximum atomic E-state index is 13.4. The van der Waals surface area contributed by atoms with Crippen LogP contribution in [0.4, 0.5) is 10.3 Å². The van der Waals surface area contributed by atoms with Crippen LogP contribution >= 0.6 is 0 Å². The Hall–Kier alpha value is -1.62. The summed E-state index contributed by atoms with van der Waals surface area (Å²) < 4.78 is 13.4. The van der Waals surface area contributed by atoms with Crippen molar-refractivity contribution >= 4 is 17.0 Å². The number of nitrogens with one attached hydrogen (secondary N) is 2. The second-order valence-corrected chi connectivity index (χ2v) is 6.34. The molecule has 1 spiro atoms. The van der Waals surface area contributed by atoms with Crippen LogP contribution in [0, 0.1) is 5.82 Å². The molecule has 1 saturated heterocycles. The van der Waals surface area contributed by atoms with E-state index in [0.29, 0.717) is 0 Å². The Bertz CT molecular complexity index is 636. The highest BCUT2D eigenvalue weighted by atomic mass is 19.1. The highest BCUT2D eigenvalue weighted by Crippen LogP contribution is 2.37. The zero-order valence-electron chi connectivity index (χ0n) is 12.2. The lowest BCUT2D eigenvalue weighted by Gasteiger charge is -2.49. The maximum absolute atomic E-state index is 13.4. The van der Waals surface area contributed by atoms with E-state index in [4.69, 9.17) is 4.98 Å². The summed E-state index contributed by atoms with van der Waals surface area (Å²) >= 11 is 0. The zero-order chi connectivity index (χ0) is 14.3. The van der Waals surface area contributed by atoms with Gasteiger partial charge in [0.2, 0.25) is 5.95 Å². The van der Waals surface area contributed by atoms with Crippen LogP contribution in [0.3, 0.4) is 0 Å². The lowest BCUT2D eigenvalue weighted by Crippen LogP contribution is -2.62. The average molecular weight is 288 g/mol. The van der Waals surface area contributed by atoms with Gasteiger partial charge in [-0.25, -0.2) is 9.37 Å². The van der Waals surface area contributed by atoms with Crippen LogP contribution in [0.2, 0.25) is 0 Å². The highest BCUT2D eigenvalue weighted by molar-refractivity contribution is 5.77. The van der Waals surface area contributed by atoms with E-state index >= 15 is 0 Å². The van der Waals surface area contributed by atoms with E-state index < -0.39 is 0 Å². The summed E-state index contributed by atoms with van der Waals surface area (Å²) in [6.45, 7) is 2.97. The van der Waals surface area contributed by atoms with E-state index in [1.807, 2.05) is 0 Å². The average Bonchev–Trinajstić information content (AvgIpc) is 2.91. The van der Waals surface area contributed by atoms with Crippen LogP contribution in [0.15, 0.2) is 18.2 Å². The first-order valence-electron chi connectivity index (χ1n) is 7.91. The smallest absolute Gasteiger partial charge is 0.204 e. The van der Waals surface area contributed by atoms with Crippen molar-refractivity contribution in [3.63, 3.8) is 0 Å². The molecule has 0 amide bonds. The topological polar surface area (TPSA) is 44.0 Å². The van der Waals surface area contributed by atoms with Crippen molar-refractivity contribution in [2.45, 2.75) is 37.6 Å². The number of hydrogen-bond donors (Lipinski definition) is 2. The number of anilines is 1. The summed E-state index contributed by atoms with van der Waals surface area (Å²) in [5.74, 6) is 0.685. The number of piperazine rings is 1. The molecule has 1 aliphatic heterocycles. The fourth-order valence-electron chi connectivity index (χ4n) is 3.93. The number of aromatic amines is 1. The number of benzene rings is 1. The minimum Gasteiger partial charge on any atom is -0.334 e. The Morgan fingerprint density at radius 1 is 1.19 bits per heavy atom. The van der Waals surface area contributed by atoms with Crippen molar-refractivity contribution in [3.8, 4) is 0 Å². The lowest BCUT2D eigenvalue weighted by molar-refractivity contribution is 0.238. The highest BCUT2D eigenvalue weighted by Gasteiger charge is 2.41. The molecule has 2 heterocycles. The normalized spacial score (nSPS) is 22.0. The third-order valence-electron chi connectivity index (χ3n) is 5.01. The third-order valence-corrected chi connectivity index (χ3v) is 5.01. The van der Waals surface area contributed by atoms with Gasteiger partial charge < -0.3 is 15.2 Å². The molecule has 4 rings (SSSR count). The molecule has 0 bridgehead atoms. The van der Waals surface area contributed by atoms with Gasteiger partial charge in [0.25, 0.3) is 0 Å². The van der Waals surface area contributed by atoms with Crippen LogP contribution in [-0.2, 0) is 0 Å². The van der Waals surface area contributed by atoms with Gasteiger partial charge in [-0.2, -0.15) is 0 Å². The number of H-pyrrole nitrogens is 1. The number of hydrogen-bond acceptors (Lipinski definition) is 3. The predicted octanol–water partition coefficient (Wildman–Crippen LogP) is 2.81. The van der Waals surface area contributed by atoms with Crippen LogP contribution < -0.4 is 10.2 Å². The molecule has 2 fully saturated rings. The molecule has 112 valence electrons. The van der Waals surface area contributed by atoms with Crippen LogP contribution in [0.5, 0.6) is 0 Å². The molecule has 0 unspecified atom stereocenters. The first-order chi connectivity index (χ1) is 10.3. The van der Waals surface area contributed by atoms with Gasteiger partial charge in [-0.15, -0.1) is 0 Å². The first-order valence-corrected chi connectivity index (χ1v) is 7.91. The molecule has 1 aromatic heterocycles. The Labute approximate surface area is 123 Å². The molecule has 21 heavy (non-hydrogen) atoms. The van der Waals surface area contributed by atoms with Crippen LogP contribution in [0.1, 0.15) is 32.1 Å². The standard InChI is InChI=1S/C16H21FN4/c17-12-4-5-13-14(10-12)20-15(19-13)21-9-8-18-11-16(21)6-2-1-3-7-16/h4-5,10,18H,1-3,6-9,11H2,(H,19,20). The number of rotatable bonds is 1. The zero-order valence-corrected chi connectivity index (χ0v) is 12.2. The van der Waals surface area contributed by atoms with Gasteiger partial charge in [-0.05, 0) is 31.0 Å². The number of nitrogens with zero attached hydrogens (tertiary/aromatic N) is 2. The van der Waals surface area contributed by atoms with Gasteiger partial charge >= 0.3 is 0 Å². The summed E-state index contributed by atoms with van der Waals surface area (Å²) in [5, 5.41) is 3.54. The number of aromatic nitrogens is 2. The van der Waals surface area contributed by atoms with Gasteiger partial charge in [-0.3, -0.25) is 0 Å². The summed E-state index contributed by atoms with van der Waals surface area (Å²) in [6.07, 6.45) is 6.33. The molecule has 5 heteroatoms. The second kappa shape index (κ2) is 4.98. The summed E-state index contributed by atoms with van der Waals surface area (Å²) in [4.78, 5) is 10.5. The van der Waals surface area contributed by atoms with Crippen molar-refractivity contribution in [2.24, 2.45) is 0 Å². The molecule has 0 atom stereocenters. The Balaban J connectivity index is 1.74. The monoisotopic (exact) mass is 288 g/mol. The Morgan fingerprint density at radius 2 is 2.05 bits per heavy atom. The first kappa shape index (κ1) is 13.1. The molecular formula is C16H21FN4. The van der Waals surface area contributed by atoms with E-state index in [2.05, 4.69) is 15.2 Å². The molecule has 2 aromatic rings. The van der Waals surface area contributed by atoms with Crippen molar-refractivity contribution in [1.82, 2.24) is 15.3 Å². The van der Waals surface area contributed by atoms with Crippen molar-refractivity contribution in [3.05, 3.63) is 24.0 Å². The van der Waals surface area contributed by atoms with Gasteiger partial charge in [0.15, 0.2) is 0 Å². The predicted molar refractivity (Wildman–Crippen MR) is 82.1 cm³/mol. The molecule has 1 aromatic carbocycles. The minimum absolute atomic E-state index is 0.183. The number of imidazole rings is 1. The van der Waals surface area contributed by atoms with Crippen molar-refractivity contribution in [1.29, 1.82) is 0 Å². The molecule has 1 aliphatic carbocycles. The second-order valence-electron chi connectivity index (χ2n) is 6.34. The largest absolute Gasteiger partial charge is 0.334 e. The lowest BCUT2D eigenvalue weighted by atomic mass is 9.79. The number of fused-ring (bicyclic) bond motifs is 1. The summed E-state index contributed by atoms with van der Waals surface area (Å²) in [5.41, 5.74) is 1.81. The van der Waals surface area contributed by atoms with Crippen molar-refractivity contribution in [2.75, 3.05) is 24.5 Å². The quantitative estimate of drug-likeness (QED) is 0.848. The summed E-state index contributed by atoms with van der Waals surface area (Å²) in [6, 6.07) is 4.75. The van der Waals surface area contributed by atoms with E-state index in [9.17, 15) is 4.39 Å². The fraction of sp³-hybridized carbons (Fsp3) is 0.562. The molecule has 2 N–H and O–H groups in total. The van der Waals surface area contributed by atoms with Gasteiger partial charge in [0, 0.05) is 19.6 Å². The molecule has 4 nitrogen and oxygen atoms in total. The minimum atomic E-state index is -0.217. The maximum Gasteiger partial charge on any atom is 0.204 e. The fourth-order valence-corrected chi connectivity index (χ4v) is 3.93. The third kappa shape index (κ3) is 2.20. The van der Waals surface area contributed by atoms with Crippen LogP contribution in [0.25, 0.3) is 11.0 Å². The Kier molecular flexibility index (Phi) is 3.10. The van der Waals surface area contributed by atoms with E-state index in [1.165, 1.54) is 44.2 Å². The molecule has 2 aliphatic rings. The number of halogens is 1. The molecule has 0 radical (unpaired) electrons. The van der Waals surface area contributed by atoms with Crippen LogP contribution in [-0.4, -0.2) is 35.1 Å². The van der Waals surface area contributed by atoms with E-state index in [-0.39, 0.29) is 11.4 Å². The van der Waals surface area contributed by atoms with E-state index in [1.54, 1.807) is 6.07 Å². The summed E-state index contributed by atoms with van der Waals surface area (Å²) in [7, 11) is 0. The van der Waals surface area contributed by atoms with Gasteiger partial charge in [0.05, 0.1) is 16.6 Å². The Morgan fingerprint density at radius 3 is 2.90 bits per heavy atom. The molecule has 1 saturated carbocycles.